The molecule has 0 saturated heterocycles. The van der Waals surface area contributed by atoms with Crippen molar-refractivity contribution >= 4 is 34.4 Å². The number of nitro groups is 1. The summed E-state index contributed by atoms with van der Waals surface area (Å²) in [6, 6.07) is 8.91. The Labute approximate surface area is 134 Å². The molecule has 0 N–H and O–H groups in total. The van der Waals surface area contributed by atoms with Gasteiger partial charge in [-0.25, -0.2) is 9.78 Å². The first-order chi connectivity index (χ1) is 11.0. The summed E-state index contributed by atoms with van der Waals surface area (Å²) in [6.45, 7) is 0. The molecule has 0 radical (unpaired) electrons. The molecule has 0 fully saturated rings. The van der Waals surface area contributed by atoms with Crippen molar-refractivity contribution in [1.29, 1.82) is 0 Å². The number of nitrogens with zero attached hydrogens (tertiary/aromatic N) is 2. The molecule has 0 atom stereocenters. The van der Waals surface area contributed by atoms with Crippen LogP contribution in [0.25, 0.3) is 22.6 Å². The number of non-ortho nitro benzene ring substituents is 1. The van der Waals surface area contributed by atoms with Crippen molar-refractivity contribution in [2.24, 2.45) is 0 Å². The zero-order valence-corrected chi connectivity index (χ0v) is 12.5. The fourth-order valence-corrected chi connectivity index (χ4v) is 2.32. The van der Waals surface area contributed by atoms with Gasteiger partial charge in [-0.1, -0.05) is 11.6 Å². The number of ether oxygens (including phenoxy) is 1. The molecule has 0 bridgehead atoms. The lowest BCUT2D eigenvalue weighted by molar-refractivity contribution is -0.384. The first kappa shape index (κ1) is 15.0. The molecule has 3 rings (SSSR count). The number of aromatic nitrogens is 1. The van der Waals surface area contributed by atoms with E-state index in [0.29, 0.717) is 11.1 Å². The van der Waals surface area contributed by atoms with Crippen molar-refractivity contribution in [2.75, 3.05) is 7.11 Å². The molecule has 0 aliphatic rings. The summed E-state index contributed by atoms with van der Waals surface area (Å²) in [5, 5.41) is 11.0. The van der Waals surface area contributed by atoms with Gasteiger partial charge in [-0.15, -0.1) is 0 Å². The van der Waals surface area contributed by atoms with Gasteiger partial charge in [0, 0.05) is 17.7 Å². The average molecular weight is 333 g/mol. The summed E-state index contributed by atoms with van der Waals surface area (Å²) in [4.78, 5) is 25.9. The number of carbonyl (C=O) groups excluding carboxylic acids is 1. The number of hydrogen-bond acceptors (Lipinski definition) is 6. The van der Waals surface area contributed by atoms with Crippen molar-refractivity contribution in [3.8, 4) is 11.5 Å². The first-order valence-electron chi connectivity index (χ1n) is 6.43. The van der Waals surface area contributed by atoms with Crippen LogP contribution >= 0.6 is 11.6 Å². The SMILES string of the molecule is COC(=O)c1ccc(-c2nc3cc([N+](=O)[O-])cc(Cl)c3o2)cc1. The van der Waals surface area contributed by atoms with Crippen LogP contribution in [0, 0.1) is 10.1 Å². The second-order valence-corrected chi connectivity index (χ2v) is 5.03. The quantitative estimate of drug-likeness (QED) is 0.410. The van der Waals surface area contributed by atoms with Crippen LogP contribution in [-0.2, 0) is 4.74 Å². The van der Waals surface area contributed by atoms with Crippen LogP contribution in [0.2, 0.25) is 5.02 Å². The van der Waals surface area contributed by atoms with E-state index in [0.717, 1.165) is 0 Å². The summed E-state index contributed by atoms with van der Waals surface area (Å²) >= 11 is 5.99. The molecule has 0 saturated carbocycles. The van der Waals surface area contributed by atoms with E-state index in [4.69, 9.17) is 16.0 Å². The standard InChI is InChI=1S/C15H9ClN2O5/c1-22-15(19)9-4-2-8(3-5-9)14-17-12-7-10(18(20)21)6-11(16)13(12)23-14/h2-7H,1H3. The molecule has 116 valence electrons. The van der Waals surface area contributed by atoms with Crippen molar-refractivity contribution in [3.05, 3.63) is 57.1 Å². The van der Waals surface area contributed by atoms with Crippen molar-refractivity contribution < 1.29 is 18.9 Å². The maximum absolute atomic E-state index is 11.4. The van der Waals surface area contributed by atoms with Crippen molar-refractivity contribution in [1.82, 2.24) is 4.98 Å². The predicted octanol–water partition coefficient (Wildman–Crippen LogP) is 3.84. The van der Waals surface area contributed by atoms with Crippen LogP contribution < -0.4 is 0 Å². The van der Waals surface area contributed by atoms with E-state index in [1.807, 2.05) is 0 Å². The highest BCUT2D eigenvalue weighted by Crippen LogP contribution is 2.32. The molecule has 3 aromatic rings. The molecule has 8 heteroatoms. The fourth-order valence-electron chi connectivity index (χ4n) is 2.07. The highest BCUT2D eigenvalue weighted by atomic mass is 35.5. The number of esters is 1. The molecule has 2 aromatic carbocycles. The number of rotatable bonds is 3. The lowest BCUT2D eigenvalue weighted by Crippen LogP contribution is -2.00. The number of hydrogen-bond donors (Lipinski definition) is 0. The van der Waals surface area contributed by atoms with Gasteiger partial charge < -0.3 is 9.15 Å². The van der Waals surface area contributed by atoms with Gasteiger partial charge in [0.25, 0.3) is 5.69 Å². The molecule has 0 spiro atoms. The minimum absolute atomic E-state index is 0.110. The van der Waals surface area contributed by atoms with Crippen molar-refractivity contribution in [2.45, 2.75) is 0 Å². The van der Waals surface area contributed by atoms with Crippen LogP contribution in [0.1, 0.15) is 10.4 Å². The molecule has 7 nitrogen and oxygen atoms in total. The van der Waals surface area contributed by atoms with Crippen LogP contribution in [0.15, 0.2) is 40.8 Å². The Morgan fingerprint density at radius 3 is 2.61 bits per heavy atom. The minimum atomic E-state index is -0.551. The maximum Gasteiger partial charge on any atom is 0.337 e. The van der Waals surface area contributed by atoms with E-state index in [-0.39, 0.29) is 27.7 Å². The largest absolute Gasteiger partial charge is 0.465 e. The number of fused-ring (bicyclic) bond motifs is 1. The topological polar surface area (TPSA) is 95.5 Å². The Morgan fingerprint density at radius 1 is 1.30 bits per heavy atom. The van der Waals surface area contributed by atoms with Gasteiger partial charge in [0.15, 0.2) is 5.58 Å². The molecule has 0 unspecified atom stereocenters. The van der Waals surface area contributed by atoms with Gasteiger partial charge in [0.05, 0.1) is 22.6 Å². The van der Waals surface area contributed by atoms with E-state index < -0.39 is 10.9 Å². The third-order valence-corrected chi connectivity index (χ3v) is 3.47. The number of halogens is 1. The van der Waals surface area contributed by atoms with Crippen LogP contribution in [0.4, 0.5) is 5.69 Å². The number of benzene rings is 2. The first-order valence-corrected chi connectivity index (χ1v) is 6.80. The summed E-state index contributed by atoms with van der Waals surface area (Å²) in [7, 11) is 1.30. The maximum atomic E-state index is 11.4. The van der Waals surface area contributed by atoms with Gasteiger partial charge in [-0.3, -0.25) is 10.1 Å². The van der Waals surface area contributed by atoms with Gasteiger partial charge in [-0.05, 0) is 24.3 Å². The van der Waals surface area contributed by atoms with E-state index in [9.17, 15) is 14.9 Å². The van der Waals surface area contributed by atoms with E-state index >= 15 is 0 Å². The van der Waals surface area contributed by atoms with Gasteiger partial charge in [-0.2, -0.15) is 0 Å². The molecule has 1 aromatic heterocycles. The minimum Gasteiger partial charge on any atom is -0.465 e. The molecule has 0 aliphatic carbocycles. The summed E-state index contributed by atoms with van der Waals surface area (Å²) in [5.74, 6) is -0.202. The van der Waals surface area contributed by atoms with Crippen molar-refractivity contribution in [3.63, 3.8) is 0 Å². The highest BCUT2D eigenvalue weighted by Gasteiger charge is 2.17. The number of carbonyl (C=O) groups is 1. The second kappa shape index (κ2) is 5.69. The Kier molecular flexibility index (Phi) is 3.71. The highest BCUT2D eigenvalue weighted by molar-refractivity contribution is 6.35. The van der Waals surface area contributed by atoms with Gasteiger partial charge in [0.1, 0.15) is 5.52 Å². The predicted molar refractivity (Wildman–Crippen MR) is 82.4 cm³/mol. The van der Waals surface area contributed by atoms with Crippen LogP contribution in [0.5, 0.6) is 0 Å². The molecule has 23 heavy (non-hydrogen) atoms. The zero-order valence-electron chi connectivity index (χ0n) is 11.8. The molecule has 0 aliphatic heterocycles. The Bertz CT molecular complexity index is 918. The number of nitro benzene ring substituents is 1. The summed E-state index contributed by atoms with van der Waals surface area (Å²) < 4.78 is 10.2. The third-order valence-electron chi connectivity index (χ3n) is 3.19. The third kappa shape index (κ3) is 2.74. The zero-order chi connectivity index (χ0) is 16.6. The van der Waals surface area contributed by atoms with E-state index in [2.05, 4.69) is 9.72 Å². The molecular weight excluding hydrogens is 324 g/mol. The Morgan fingerprint density at radius 2 is 2.00 bits per heavy atom. The number of oxazole rings is 1. The lowest BCUT2D eigenvalue weighted by Gasteiger charge is -1.99. The van der Waals surface area contributed by atoms with Gasteiger partial charge >= 0.3 is 5.97 Å². The van der Waals surface area contributed by atoms with E-state index in [1.165, 1.54) is 19.2 Å². The molecule has 1 heterocycles. The summed E-state index contributed by atoms with van der Waals surface area (Å²) in [6.07, 6.45) is 0. The lowest BCUT2D eigenvalue weighted by atomic mass is 10.1. The normalized spacial score (nSPS) is 10.7. The molecular formula is C15H9ClN2O5. The average Bonchev–Trinajstić information content (AvgIpc) is 2.99. The van der Waals surface area contributed by atoms with Gasteiger partial charge in [0.2, 0.25) is 5.89 Å². The second-order valence-electron chi connectivity index (χ2n) is 4.62. The van der Waals surface area contributed by atoms with Crippen LogP contribution in [-0.4, -0.2) is 23.0 Å². The monoisotopic (exact) mass is 332 g/mol. The smallest absolute Gasteiger partial charge is 0.337 e. The molecule has 0 amide bonds. The Hall–Kier alpha value is -2.93. The number of methoxy groups -OCH3 is 1. The fraction of sp³-hybridized carbons (Fsp3) is 0.0667. The van der Waals surface area contributed by atoms with Crippen LogP contribution in [0.3, 0.4) is 0 Å². The van der Waals surface area contributed by atoms with E-state index in [1.54, 1.807) is 24.3 Å². The summed E-state index contributed by atoms with van der Waals surface area (Å²) in [5.41, 5.74) is 1.39. The Balaban J connectivity index is 2.05.